The first-order valence-corrected chi connectivity index (χ1v) is 6.08. The minimum Gasteiger partial charge on any atom is -0.348 e. The standard InChI is InChI=1S/C13H18N2O/c16-13(12-9-5-6-10-14-12)15-11-7-3-1-2-4-8-11/h5-6,9-11H,1-4,7-8H2,(H,15,16). The van der Waals surface area contributed by atoms with Gasteiger partial charge in [-0.2, -0.15) is 0 Å². The molecule has 86 valence electrons. The fourth-order valence-corrected chi connectivity index (χ4v) is 2.18. The second-order valence-electron chi connectivity index (χ2n) is 4.38. The zero-order valence-corrected chi connectivity index (χ0v) is 9.48. The first-order chi connectivity index (χ1) is 7.86. The van der Waals surface area contributed by atoms with Crippen molar-refractivity contribution in [3.63, 3.8) is 0 Å². The van der Waals surface area contributed by atoms with Gasteiger partial charge in [0.2, 0.25) is 0 Å². The van der Waals surface area contributed by atoms with Crippen LogP contribution in [0, 0.1) is 0 Å². The quantitative estimate of drug-likeness (QED) is 0.775. The highest BCUT2D eigenvalue weighted by Gasteiger charge is 2.15. The van der Waals surface area contributed by atoms with Crippen LogP contribution in [0.3, 0.4) is 0 Å². The van der Waals surface area contributed by atoms with E-state index in [0.29, 0.717) is 11.7 Å². The summed E-state index contributed by atoms with van der Waals surface area (Å²) in [6, 6.07) is 5.76. The van der Waals surface area contributed by atoms with Gasteiger partial charge in [0.05, 0.1) is 0 Å². The fraction of sp³-hybridized carbons (Fsp3) is 0.538. The van der Waals surface area contributed by atoms with E-state index in [4.69, 9.17) is 0 Å². The van der Waals surface area contributed by atoms with E-state index in [1.807, 2.05) is 12.1 Å². The van der Waals surface area contributed by atoms with Gasteiger partial charge in [0.15, 0.2) is 0 Å². The molecule has 0 atom stereocenters. The molecule has 0 aliphatic heterocycles. The summed E-state index contributed by atoms with van der Waals surface area (Å²) in [6.45, 7) is 0. The molecule has 16 heavy (non-hydrogen) atoms. The van der Waals surface area contributed by atoms with Gasteiger partial charge in [-0.3, -0.25) is 9.78 Å². The normalized spacial score (nSPS) is 17.8. The van der Waals surface area contributed by atoms with Crippen molar-refractivity contribution in [3.8, 4) is 0 Å². The maximum atomic E-state index is 11.9. The summed E-state index contributed by atoms with van der Waals surface area (Å²) in [5.74, 6) is -0.0347. The molecule has 1 saturated carbocycles. The fourth-order valence-electron chi connectivity index (χ4n) is 2.18. The number of rotatable bonds is 2. The molecule has 0 saturated heterocycles. The summed E-state index contributed by atoms with van der Waals surface area (Å²) in [7, 11) is 0. The maximum absolute atomic E-state index is 11.9. The molecule has 2 rings (SSSR count). The van der Waals surface area contributed by atoms with E-state index in [0.717, 1.165) is 12.8 Å². The number of carbonyl (C=O) groups is 1. The number of pyridine rings is 1. The Morgan fingerprint density at radius 3 is 2.56 bits per heavy atom. The molecule has 1 aromatic heterocycles. The molecule has 1 fully saturated rings. The van der Waals surface area contributed by atoms with Gasteiger partial charge < -0.3 is 5.32 Å². The Morgan fingerprint density at radius 1 is 1.19 bits per heavy atom. The van der Waals surface area contributed by atoms with E-state index < -0.39 is 0 Å². The van der Waals surface area contributed by atoms with Gasteiger partial charge in [0.25, 0.3) is 5.91 Å². The summed E-state index contributed by atoms with van der Waals surface area (Å²) in [4.78, 5) is 15.9. The molecule has 3 nitrogen and oxygen atoms in total. The summed E-state index contributed by atoms with van der Waals surface area (Å²) in [5.41, 5.74) is 0.520. The van der Waals surface area contributed by atoms with Crippen LogP contribution >= 0.6 is 0 Å². The summed E-state index contributed by atoms with van der Waals surface area (Å²) >= 11 is 0. The Balaban J connectivity index is 1.91. The topological polar surface area (TPSA) is 42.0 Å². The third-order valence-electron chi connectivity index (χ3n) is 3.09. The molecule has 1 aliphatic carbocycles. The lowest BCUT2D eigenvalue weighted by atomic mass is 10.1. The van der Waals surface area contributed by atoms with E-state index in [1.54, 1.807) is 12.3 Å². The third kappa shape index (κ3) is 3.05. The number of hydrogen-bond acceptors (Lipinski definition) is 2. The van der Waals surface area contributed by atoms with Crippen LogP contribution in [0.4, 0.5) is 0 Å². The largest absolute Gasteiger partial charge is 0.348 e. The molecule has 1 N–H and O–H groups in total. The number of nitrogens with zero attached hydrogens (tertiary/aromatic N) is 1. The highest BCUT2D eigenvalue weighted by atomic mass is 16.1. The van der Waals surface area contributed by atoms with Gasteiger partial charge >= 0.3 is 0 Å². The van der Waals surface area contributed by atoms with E-state index in [-0.39, 0.29) is 5.91 Å². The first-order valence-electron chi connectivity index (χ1n) is 6.08. The Hall–Kier alpha value is -1.38. The third-order valence-corrected chi connectivity index (χ3v) is 3.09. The van der Waals surface area contributed by atoms with E-state index in [9.17, 15) is 4.79 Å². The molecule has 1 amide bonds. The SMILES string of the molecule is O=C(NC1CCCCCC1)c1ccccn1. The van der Waals surface area contributed by atoms with Crippen LogP contribution in [0.25, 0.3) is 0 Å². The second-order valence-corrected chi connectivity index (χ2v) is 4.38. The zero-order valence-electron chi connectivity index (χ0n) is 9.48. The van der Waals surface area contributed by atoms with E-state index >= 15 is 0 Å². The summed E-state index contributed by atoms with van der Waals surface area (Å²) in [6.07, 6.45) is 8.94. The Morgan fingerprint density at radius 2 is 1.94 bits per heavy atom. The van der Waals surface area contributed by atoms with Crippen molar-refractivity contribution >= 4 is 5.91 Å². The van der Waals surface area contributed by atoms with Crippen LogP contribution in [-0.4, -0.2) is 16.9 Å². The highest BCUT2D eigenvalue weighted by molar-refractivity contribution is 5.92. The first kappa shape index (κ1) is 11.1. The van der Waals surface area contributed by atoms with Crippen molar-refractivity contribution in [1.82, 2.24) is 10.3 Å². The Labute approximate surface area is 96.3 Å². The molecule has 3 heteroatoms. The summed E-state index contributed by atoms with van der Waals surface area (Å²) < 4.78 is 0. The van der Waals surface area contributed by atoms with Crippen molar-refractivity contribution < 1.29 is 4.79 Å². The van der Waals surface area contributed by atoms with Crippen LogP contribution < -0.4 is 5.32 Å². The van der Waals surface area contributed by atoms with Crippen molar-refractivity contribution in [2.75, 3.05) is 0 Å². The molecular formula is C13H18N2O. The molecule has 1 heterocycles. The van der Waals surface area contributed by atoms with Crippen LogP contribution in [0.1, 0.15) is 49.0 Å². The average Bonchev–Trinajstić information content (AvgIpc) is 2.59. The van der Waals surface area contributed by atoms with Crippen molar-refractivity contribution in [3.05, 3.63) is 30.1 Å². The minimum atomic E-state index is -0.0347. The molecule has 1 aliphatic rings. The van der Waals surface area contributed by atoms with Gasteiger partial charge in [0, 0.05) is 12.2 Å². The molecule has 0 aromatic carbocycles. The van der Waals surface area contributed by atoms with Crippen molar-refractivity contribution in [2.24, 2.45) is 0 Å². The lowest BCUT2D eigenvalue weighted by Crippen LogP contribution is -2.34. The van der Waals surface area contributed by atoms with Gasteiger partial charge in [-0.05, 0) is 25.0 Å². The Bertz CT molecular complexity index is 329. The van der Waals surface area contributed by atoms with Gasteiger partial charge in [-0.25, -0.2) is 0 Å². The van der Waals surface area contributed by atoms with Gasteiger partial charge in [0.1, 0.15) is 5.69 Å². The zero-order chi connectivity index (χ0) is 11.2. The monoisotopic (exact) mass is 218 g/mol. The molecule has 0 bridgehead atoms. The number of hydrogen-bond donors (Lipinski definition) is 1. The number of nitrogens with one attached hydrogen (secondary N) is 1. The molecule has 1 aromatic rings. The second kappa shape index (κ2) is 5.64. The lowest BCUT2D eigenvalue weighted by molar-refractivity contribution is 0.0928. The molecule has 0 unspecified atom stereocenters. The van der Waals surface area contributed by atoms with Crippen LogP contribution in [0.5, 0.6) is 0 Å². The van der Waals surface area contributed by atoms with Gasteiger partial charge in [-0.1, -0.05) is 31.7 Å². The van der Waals surface area contributed by atoms with Crippen LogP contribution in [-0.2, 0) is 0 Å². The highest BCUT2D eigenvalue weighted by Crippen LogP contribution is 2.17. The lowest BCUT2D eigenvalue weighted by Gasteiger charge is -2.15. The average molecular weight is 218 g/mol. The maximum Gasteiger partial charge on any atom is 0.270 e. The van der Waals surface area contributed by atoms with Crippen LogP contribution in [0.2, 0.25) is 0 Å². The smallest absolute Gasteiger partial charge is 0.270 e. The van der Waals surface area contributed by atoms with E-state index in [2.05, 4.69) is 10.3 Å². The van der Waals surface area contributed by atoms with Crippen LogP contribution in [0.15, 0.2) is 24.4 Å². The number of amides is 1. The van der Waals surface area contributed by atoms with E-state index in [1.165, 1.54) is 25.7 Å². The molecule has 0 spiro atoms. The number of carbonyl (C=O) groups excluding carboxylic acids is 1. The summed E-state index contributed by atoms with van der Waals surface area (Å²) in [5, 5.41) is 3.07. The predicted molar refractivity (Wildman–Crippen MR) is 63.2 cm³/mol. The molecule has 0 radical (unpaired) electrons. The van der Waals surface area contributed by atoms with Gasteiger partial charge in [-0.15, -0.1) is 0 Å². The van der Waals surface area contributed by atoms with Crippen molar-refractivity contribution in [1.29, 1.82) is 0 Å². The minimum absolute atomic E-state index is 0.0347. The van der Waals surface area contributed by atoms with Crippen molar-refractivity contribution in [2.45, 2.75) is 44.6 Å². The number of aromatic nitrogens is 1. The predicted octanol–water partition coefficient (Wildman–Crippen LogP) is 2.53. The molecular weight excluding hydrogens is 200 g/mol. The Kier molecular flexibility index (Phi) is 3.91.